The Balaban J connectivity index is 1.81. The van der Waals surface area contributed by atoms with E-state index in [1.807, 2.05) is 0 Å². The lowest BCUT2D eigenvalue weighted by Gasteiger charge is -2.16. The summed E-state index contributed by atoms with van der Waals surface area (Å²) in [5, 5.41) is 4.50. The zero-order valence-electron chi connectivity index (χ0n) is 14.6. The lowest BCUT2D eigenvalue weighted by molar-refractivity contribution is -0.142. The summed E-state index contributed by atoms with van der Waals surface area (Å²) in [4.78, 5) is 17.0. The van der Waals surface area contributed by atoms with Crippen LogP contribution in [0.25, 0.3) is 4.96 Å². The fraction of sp³-hybridized carbons (Fsp3) is 0.667. The zero-order chi connectivity index (χ0) is 20.7. The standard InChI is InChI=1S/C15H16F6N4O2S/c1-27-7-11-23-25-9(12(15(19,20)21)22-13(25)28-11)5-24-4-8(10(26)6-24)2-3-14(16,17)18/h8H,2-7H2,1H3/t8-/m0/s1. The molecule has 13 heteroatoms. The van der Waals surface area contributed by atoms with Crippen LogP contribution in [0.2, 0.25) is 0 Å². The van der Waals surface area contributed by atoms with Crippen LogP contribution in [0.1, 0.15) is 29.2 Å². The summed E-state index contributed by atoms with van der Waals surface area (Å²) in [6, 6.07) is 0. The minimum Gasteiger partial charge on any atom is -0.377 e. The minimum atomic E-state index is -4.72. The molecule has 1 fully saturated rings. The van der Waals surface area contributed by atoms with Gasteiger partial charge in [-0.1, -0.05) is 11.3 Å². The molecule has 3 rings (SSSR count). The Bertz CT molecular complexity index is 859. The monoisotopic (exact) mass is 430 g/mol. The molecule has 0 bridgehead atoms. The summed E-state index contributed by atoms with van der Waals surface area (Å²) in [5.74, 6) is -1.25. The molecule has 0 saturated carbocycles. The summed E-state index contributed by atoms with van der Waals surface area (Å²) >= 11 is 0.948. The van der Waals surface area contributed by atoms with Gasteiger partial charge in [0.15, 0.2) is 11.5 Å². The fourth-order valence-electron chi connectivity index (χ4n) is 3.13. The Kier molecular flexibility index (Phi) is 5.69. The third-order valence-electron chi connectivity index (χ3n) is 4.34. The van der Waals surface area contributed by atoms with Crippen LogP contribution in [-0.2, 0) is 28.9 Å². The first-order valence-electron chi connectivity index (χ1n) is 8.23. The molecule has 3 heterocycles. The van der Waals surface area contributed by atoms with E-state index < -0.39 is 36.2 Å². The second-order valence-electron chi connectivity index (χ2n) is 6.51. The quantitative estimate of drug-likeness (QED) is 0.659. The van der Waals surface area contributed by atoms with Crippen molar-refractivity contribution in [2.75, 3.05) is 20.2 Å². The van der Waals surface area contributed by atoms with Crippen LogP contribution in [-0.4, -0.2) is 51.7 Å². The normalized spacial score (nSPS) is 19.2. The predicted molar refractivity (Wildman–Crippen MR) is 85.6 cm³/mol. The van der Waals surface area contributed by atoms with E-state index in [1.165, 1.54) is 12.0 Å². The number of rotatable bonds is 6. The Hall–Kier alpha value is -1.73. The first-order valence-corrected chi connectivity index (χ1v) is 9.05. The smallest absolute Gasteiger partial charge is 0.377 e. The van der Waals surface area contributed by atoms with Gasteiger partial charge in [-0.05, 0) is 6.42 Å². The molecule has 6 nitrogen and oxygen atoms in total. The number of methoxy groups -OCH3 is 1. The summed E-state index contributed by atoms with van der Waals surface area (Å²) < 4.78 is 83.2. The number of Topliss-reactive ketones (excluding diaryl/α,β-unsaturated/α-hetero) is 1. The van der Waals surface area contributed by atoms with Crippen molar-refractivity contribution in [2.45, 2.75) is 38.3 Å². The maximum Gasteiger partial charge on any atom is 0.435 e. The summed E-state index contributed by atoms with van der Waals surface area (Å²) in [7, 11) is 1.42. The predicted octanol–water partition coefficient (Wildman–Crippen LogP) is 3.30. The van der Waals surface area contributed by atoms with Gasteiger partial charge in [0.05, 0.1) is 18.8 Å². The number of hydrogen-bond acceptors (Lipinski definition) is 6. The second kappa shape index (κ2) is 7.59. The number of hydrogen-bond donors (Lipinski definition) is 0. The van der Waals surface area contributed by atoms with Crippen LogP contribution >= 0.6 is 11.3 Å². The number of likely N-dealkylation sites (tertiary alicyclic amines) is 1. The molecule has 0 radical (unpaired) electrons. The third kappa shape index (κ3) is 4.63. The number of imidazole rings is 1. The Morgan fingerprint density at radius 1 is 1.25 bits per heavy atom. The van der Waals surface area contributed by atoms with Gasteiger partial charge in [-0.3, -0.25) is 9.69 Å². The maximum absolute atomic E-state index is 13.4. The molecule has 2 aromatic heterocycles. The third-order valence-corrected chi connectivity index (χ3v) is 5.22. The van der Waals surface area contributed by atoms with Crippen molar-refractivity contribution in [1.82, 2.24) is 19.5 Å². The molecule has 0 amide bonds. The van der Waals surface area contributed by atoms with Gasteiger partial charge in [-0.15, -0.1) is 0 Å². The van der Waals surface area contributed by atoms with Crippen LogP contribution in [0.15, 0.2) is 0 Å². The molecule has 0 unspecified atom stereocenters. The molecule has 156 valence electrons. The summed E-state index contributed by atoms with van der Waals surface area (Å²) in [6.07, 6.45) is -10.6. The highest BCUT2D eigenvalue weighted by Gasteiger charge is 2.41. The van der Waals surface area contributed by atoms with Crippen LogP contribution in [0.4, 0.5) is 26.3 Å². The number of alkyl halides is 6. The molecular weight excluding hydrogens is 414 g/mol. The van der Waals surface area contributed by atoms with Crippen molar-refractivity contribution in [3.8, 4) is 0 Å². The van der Waals surface area contributed by atoms with E-state index in [2.05, 4.69) is 10.1 Å². The minimum absolute atomic E-state index is 0.0332. The van der Waals surface area contributed by atoms with Crippen molar-refractivity contribution in [3.63, 3.8) is 0 Å². The molecule has 1 saturated heterocycles. The molecule has 0 aromatic carbocycles. The van der Waals surface area contributed by atoms with Crippen molar-refractivity contribution >= 4 is 22.1 Å². The highest BCUT2D eigenvalue weighted by Crippen LogP contribution is 2.35. The van der Waals surface area contributed by atoms with Crippen molar-refractivity contribution in [3.05, 3.63) is 16.4 Å². The van der Waals surface area contributed by atoms with E-state index in [9.17, 15) is 31.1 Å². The topological polar surface area (TPSA) is 59.7 Å². The lowest BCUT2D eigenvalue weighted by atomic mass is 10.0. The second-order valence-corrected chi connectivity index (χ2v) is 7.56. The molecule has 28 heavy (non-hydrogen) atoms. The van der Waals surface area contributed by atoms with Crippen molar-refractivity contribution in [1.29, 1.82) is 0 Å². The van der Waals surface area contributed by atoms with Gasteiger partial charge in [-0.25, -0.2) is 9.50 Å². The van der Waals surface area contributed by atoms with E-state index in [0.29, 0.717) is 5.01 Å². The van der Waals surface area contributed by atoms with Gasteiger partial charge in [-0.2, -0.15) is 31.4 Å². The van der Waals surface area contributed by atoms with E-state index >= 15 is 0 Å². The first-order chi connectivity index (χ1) is 13.0. The molecular formula is C15H16F6N4O2S. The van der Waals surface area contributed by atoms with Gasteiger partial charge in [0.25, 0.3) is 0 Å². The summed E-state index contributed by atoms with van der Waals surface area (Å²) in [6.45, 7) is -0.423. The summed E-state index contributed by atoms with van der Waals surface area (Å²) in [5.41, 5.74) is -1.35. The highest BCUT2D eigenvalue weighted by molar-refractivity contribution is 7.16. The van der Waals surface area contributed by atoms with Gasteiger partial charge in [0.1, 0.15) is 5.01 Å². The molecule has 2 aromatic rings. The van der Waals surface area contributed by atoms with Crippen LogP contribution in [0.5, 0.6) is 0 Å². The number of fused-ring (bicyclic) bond motifs is 1. The average Bonchev–Trinajstić information content (AvgIpc) is 3.19. The molecule has 1 aliphatic heterocycles. The molecule has 1 atom stereocenters. The van der Waals surface area contributed by atoms with E-state index in [-0.39, 0.29) is 43.3 Å². The van der Waals surface area contributed by atoms with Gasteiger partial charge in [0.2, 0.25) is 4.96 Å². The number of carbonyl (C=O) groups excluding carboxylic acids is 1. The van der Waals surface area contributed by atoms with E-state index in [1.54, 1.807) is 0 Å². The number of halogens is 6. The van der Waals surface area contributed by atoms with E-state index in [4.69, 9.17) is 4.74 Å². The van der Waals surface area contributed by atoms with Gasteiger partial charge >= 0.3 is 12.4 Å². The van der Waals surface area contributed by atoms with Crippen LogP contribution in [0, 0.1) is 5.92 Å². The molecule has 0 aliphatic carbocycles. The van der Waals surface area contributed by atoms with Gasteiger partial charge < -0.3 is 4.74 Å². The van der Waals surface area contributed by atoms with Crippen molar-refractivity contribution in [2.24, 2.45) is 5.92 Å². The van der Waals surface area contributed by atoms with Crippen LogP contribution in [0.3, 0.4) is 0 Å². The van der Waals surface area contributed by atoms with Crippen LogP contribution < -0.4 is 0 Å². The van der Waals surface area contributed by atoms with Gasteiger partial charge in [0, 0.05) is 32.5 Å². The number of carbonyl (C=O) groups is 1. The number of ketones is 1. The number of aromatic nitrogens is 3. The van der Waals surface area contributed by atoms with E-state index in [0.717, 1.165) is 15.9 Å². The maximum atomic E-state index is 13.4. The Labute approximate surface area is 159 Å². The van der Waals surface area contributed by atoms with Crippen molar-refractivity contribution < 1.29 is 35.9 Å². The number of nitrogens with zero attached hydrogens (tertiary/aromatic N) is 4. The SMILES string of the molecule is COCc1nn2c(CN3CC(=O)[C@@H](CCC(F)(F)F)C3)c(C(F)(F)F)nc2s1. The molecule has 0 N–H and O–H groups in total. The number of ether oxygens (including phenoxy) is 1. The lowest BCUT2D eigenvalue weighted by Crippen LogP contribution is -2.24. The first kappa shape index (κ1) is 21.0. The highest BCUT2D eigenvalue weighted by atomic mass is 32.1. The largest absolute Gasteiger partial charge is 0.435 e. The Morgan fingerprint density at radius 2 is 1.96 bits per heavy atom. The zero-order valence-corrected chi connectivity index (χ0v) is 15.4. The molecule has 1 aliphatic rings. The average molecular weight is 430 g/mol. The Morgan fingerprint density at radius 3 is 2.57 bits per heavy atom. The molecule has 0 spiro atoms. The fourth-order valence-corrected chi connectivity index (χ4v) is 4.01.